The molecule has 1 amide bonds. The Labute approximate surface area is 207 Å². The molecule has 2 heterocycles. The molecule has 0 N–H and O–H groups in total. The Morgan fingerprint density at radius 2 is 2.09 bits per heavy atom. The number of nitro benzene ring substituents is 1. The summed E-state index contributed by atoms with van der Waals surface area (Å²) in [4.78, 5) is 32.4. The van der Waals surface area contributed by atoms with Gasteiger partial charge in [-0.15, -0.1) is 12.4 Å². The second-order valence-electron chi connectivity index (χ2n) is 7.46. The molecule has 0 aliphatic carbocycles. The van der Waals surface area contributed by atoms with Crippen LogP contribution in [0.1, 0.15) is 5.56 Å². The smallest absolute Gasteiger partial charge is 0.270 e. The van der Waals surface area contributed by atoms with Gasteiger partial charge in [-0.1, -0.05) is 23.5 Å². The van der Waals surface area contributed by atoms with E-state index in [2.05, 4.69) is 9.88 Å². The molecule has 0 bridgehead atoms. The van der Waals surface area contributed by atoms with Gasteiger partial charge < -0.3 is 9.47 Å². The average molecular weight is 505 g/mol. The number of aromatic nitrogens is 1. The Bertz CT molecular complexity index is 1180. The molecule has 1 aliphatic rings. The van der Waals surface area contributed by atoms with Gasteiger partial charge in [0.25, 0.3) is 11.6 Å². The van der Waals surface area contributed by atoms with Gasteiger partial charge in [0.15, 0.2) is 5.13 Å². The molecule has 0 unspecified atom stereocenters. The van der Waals surface area contributed by atoms with E-state index >= 15 is 0 Å². The van der Waals surface area contributed by atoms with Crippen molar-refractivity contribution < 1.29 is 19.2 Å². The summed E-state index contributed by atoms with van der Waals surface area (Å²) >= 11 is 1.43. The van der Waals surface area contributed by atoms with Crippen molar-refractivity contribution in [1.82, 2.24) is 9.88 Å². The van der Waals surface area contributed by atoms with Crippen LogP contribution in [-0.4, -0.2) is 67.2 Å². The third-order valence-electron chi connectivity index (χ3n) is 5.32. The number of carbonyl (C=O) groups is 1. The Morgan fingerprint density at radius 1 is 1.29 bits per heavy atom. The Hall–Kier alpha value is -3.05. The van der Waals surface area contributed by atoms with Crippen LogP contribution >= 0.6 is 23.7 Å². The molecule has 0 radical (unpaired) electrons. The van der Waals surface area contributed by atoms with E-state index in [0.29, 0.717) is 37.0 Å². The average Bonchev–Trinajstić information content (AvgIpc) is 3.26. The van der Waals surface area contributed by atoms with E-state index in [1.54, 1.807) is 30.2 Å². The molecule has 1 fully saturated rings. The zero-order chi connectivity index (χ0) is 23.2. The number of amides is 1. The number of thiazole rings is 1. The maximum Gasteiger partial charge on any atom is 0.270 e. The number of carbonyl (C=O) groups excluding carboxylic acids is 1. The van der Waals surface area contributed by atoms with Crippen LogP contribution < -0.4 is 9.64 Å². The largest absolute Gasteiger partial charge is 0.497 e. The molecule has 1 saturated heterocycles. The number of nitrogens with zero attached hydrogens (tertiary/aromatic N) is 4. The normalized spacial score (nSPS) is 14.1. The molecule has 11 heteroatoms. The quantitative estimate of drug-likeness (QED) is 0.259. The number of rotatable bonds is 8. The topological polar surface area (TPSA) is 98.0 Å². The lowest BCUT2D eigenvalue weighted by molar-refractivity contribution is -0.384. The zero-order valence-corrected chi connectivity index (χ0v) is 20.2. The summed E-state index contributed by atoms with van der Waals surface area (Å²) in [6, 6.07) is 11.8. The lowest BCUT2D eigenvalue weighted by Gasteiger charge is -2.28. The second kappa shape index (κ2) is 11.9. The first-order valence-corrected chi connectivity index (χ1v) is 11.3. The second-order valence-corrected chi connectivity index (χ2v) is 8.47. The molecule has 4 rings (SSSR count). The molecule has 1 aromatic heterocycles. The number of anilines is 1. The first-order valence-electron chi connectivity index (χ1n) is 10.5. The lowest BCUT2D eigenvalue weighted by atomic mass is 10.2. The molecule has 9 nitrogen and oxygen atoms in total. The summed E-state index contributed by atoms with van der Waals surface area (Å²) in [5.74, 6) is 0.496. The van der Waals surface area contributed by atoms with E-state index in [4.69, 9.17) is 9.47 Å². The van der Waals surface area contributed by atoms with E-state index in [1.807, 2.05) is 18.2 Å². The molecule has 0 saturated carbocycles. The Morgan fingerprint density at radius 3 is 2.82 bits per heavy atom. The minimum atomic E-state index is -0.455. The highest BCUT2D eigenvalue weighted by Gasteiger charge is 2.20. The molecular weight excluding hydrogens is 480 g/mol. The third-order valence-corrected chi connectivity index (χ3v) is 6.37. The van der Waals surface area contributed by atoms with Gasteiger partial charge in [0.05, 0.1) is 35.5 Å². The summed E-state index contributed by atoms with van der Waals surface area (Å²) in [7, 11) is 1.61. The summed E-state index contributed by atoms with van der Waals surface area (Å²) in [5.41, 5.74) is 1.36. The number of nitro groups is 1. The van der Waals surface area contributed by atoms with Crippen LogP contribution in [0.4, 0.5) is 10.8 Å². The highest BCUT2D eigenvalue weighted by Crippen LogP contribution is 2.31. The number of methoxy groups -OCH3 is 1. The third kappa shape index (κ3) is 6.29. The number of morpholine rings is 1. The summed E-state index contributed by atoms with van der Waals surface area (Å²) < 4.78 is 11.6. The fraction of sp³-hybridized carbons (Fsp3) is 0.304. The van der Waals surface area contributed by atoms with Crippen molar-refractivity contribution in [3.8, 4) is 5.75 Å². The number of hydrogen-bond donors (Lipinski definition) is 0. The van der Waals surface area contributed by atoms with Gasteiger partial charge in [0.2, 0.25) is 0 Å². The number of non-ortho nitro benzene ring substituents is 1. The molecule has 34 heavy (non-hydrogen) atoms. The summed E-state index contributed by atoms with van der Waals surface area (Å²) in [6.07, 6.45) is 3.03. The van der Waals surface area contributed by atoms with Gasteiger partial charge in [-0.05, 0) is 29.8 Å². The van der Waals surface area contributed by atoms with Crippen molar-refractivity contribution in [3.63, 3.8) is 0 Å². The molecule has 0 atom stereocenters. The fourth-order valence-corrected chi connectivity index (χ4v) is 4.53. The predicted molar refractivity (Wildman–Crippen MR) is 135 cm³/mol. The monoisotopic (exact) mass is 504 g/mol. The molecule has 3 aromatic rings. The van der Waals surface area contributed by atoms with Crippen LogP contribution in [0.5, 0.6) is 5.75 Å². The number of fused-ring (bicyclic) bond motifs is 1. The first kappa shape index (κ1) is 25.6. The van der Waals surface area contributed by atoms with Crippen molar-refractivity contribution in [2.45, 2.75) is 0 Å². The first-order chi connectivity index (χ1) is 16.0. The summed E-state index contributed by atoms with van der Waals surface area (Å²) in [5, 5.41) is 11.6. The van der Waals surface area contributed by atoms with Crippen LogP contribution in [0.2, 0.25) is 0 Å². The van der Waals surface area contributed by atoms with Gasteiger partial charge in [0, 0.05) is 44.4 Å². The van der Waals surface area contributed by atoms with Gasteiger partial charge in [0.1, 0.15) is 5.75 Å². The van der Waals surface area contributed by atoms with Crippen LogP contribution in [0.15, 0.2) is 48.5 Å². The lowest BCUT2D eigenvalue weighted by Crippen LogP contribution is -2.42. The van der Waals surface area contributed by atoms with Gasteiger partial charge in [-0.25, -0.2) is 4.98 Å². The zero-order valence-electron chi connectivity index (χ0n) is 18.6. The van der Waals surface area contributed by atoms with E-state index in [1.165, 1.54) is 29.5 Å². The van der Waals surface area contributed by atoms with Crippen LogP contribution in [-0.2, 0) is 9.53 Å². The van der Waals surface area contributed by atoms with E-state index in [-0.39, 0.29) is 24.0 Å². The van der Waals surface area contributed by atoms with Crippen molar-refractivity contribution in [1.29, 1.82) is 0 Å². The van der Waals surface area contributed by atoms with Crippen molar-refractivity contribution >= 4 is 56.8 Å². The SMILES string of the molecule is COc1ccc2nc(N(CCN3CCOCC3)C(=O)C=Cc3cccc([N+](=O)[O-])c3)sc2c1.Cl. The fourth-order valence-electron chi connectivity index (χ4n) is 3.50. The molecular formula is C23H25ClN4O5S. The van der Waals surface area contributed by atoms with Crippen LogP contribution in [0.3, 0.4) is 0 Å². The number of benzene rings is 2. The Kier molecular flexibility index (Phi) is 8.94. The minimum absolute atomic E-state index is 0. The van der Waals surface area contributed by atoms with Gasteiger partial charge in [-0.3, -0.25) is 24.7 Å². The van der Waals surface area contributed by atoms with Crippen LogP contribution in [0, 0.1) is 10.1 Å². The number of ether oxygens (including phenoxy) is 2. The maximum absolute atomic E-state index is 13.2. The van der Waals surface area contributed by atoms with Crippen molar-refractivity contribution in [3.05, 3.63) is 64.2 Å². The highest BCUT2D eigenvalue weighted by molar-refractivity contribution is 7.22. The van der Waals surface area contributed by atoms with Crippen molar-refractivity contribution in [2.75, 3.05) is 51.4 Å². The van der Waals surface area contributed by atoms with E-state index < -0.39 is 4.92 Å². The molecule has 0 spiro atoms. The standard InChI is InChI=1S/C23H24N4O5S.ClH/c1-31-19-6-7-20-21(16-19)33-23(24-20)26(10-9-25-11-13-32-14-12-25)22(28)8-5-17-3-2-4-18(15-17)27(29)30;/h2-8,15-16H,9-14H2,1H3;1H. The van der Waals surface area contributed by atoms with Gasteiger partial charge >= 0.3 is 0 Å². The van der Waals surface area contributed by atoms with Crippen LogP contribution in [0.25, 0.3) is 16.3 Å². The maximum atomic E-state index is 13.2. The molecule has 2 aromatic carbocycles. The molecule has 180 valence electrons. The number of hydrogen-bond acceptors (Lipinski definition) is 8. The predicted octanol–water partition coefficient (Wildman–Crippen LogP) is 4.01. The van der Waals surface area contributed by atoms with Crippen molar-refractivity contribution in [2.24, 2.45) is 0 Å². The Balaban J connectivity index is 0.00000324. The van der Waals surface area contributed by atoms with Gasteiger partial charge in [-0.2, -0.15) is 0 Å². The van der Waals surface area contributed by atoms with E-state index in [0.717, 1.165) is 29.1 Å². The minimum Gasteiger partial charge on any atom is -0.497 e. The van der Waals surface area contributed by atoms with E-state index in [9.17, 15) is 14.9 Å². The molecule has 1 aliphatic heterocycles. The summed E-state index contributed by atoms with van der Waals surface area (Å²) in [6.45, 7) is 4.17. The highest BCUT2D eigenvalue weighted by atomic mass is 35.5. The number of halogens is 1.